The standard InChI is InChI=1S/C17H21FN4OS/c1-9-11(10-4-5-12(18)13(19)6-10)8-24-15(9)17(2)7-14(23)22(3)16(20)21-17/h4-5,8,10H,6-7,19H2,1-3H3,(H2,20,21)/t10?,17-/m0/s1. The van der Waals surface area contributed by atoms with Gasteiger partial charge >= 0.3 is 0 Å². The number of carbonyl (C=O) groups excluding carboxylic acids is 1. The number of guanidine groups is 1. The summed E-state index contributed by atoms with van der Waals surface area (Å²) in [4.78, 5) is 14.5. The molecule has 1 saturated heterocycles. The summed E-state index contributed by atoms with van der Waals surface area (Å²) >= 11 is 1.57. The van der Waals surface area contributed by atoms with Crippen LogP contribution < -0.4 is 11.1 Å². The van der Waals surface area contributed by atoms with Crippen molar-refractivity contribution < 1.29 is 9.18 Å². The fourth-order valence-electron chi connectivity index (χ4n) is 3.34. The highest BCUT2D eigenvalue weighted by Gasteiger charge is 2.40. The maximum absolute atomic E-state index is 13.4. The molecule has 0 radical (unpaired) electrons. The fourth-order valence-corrected chi connectivity index (χ4v) is 4.61. The van der Waals surface area contributed by atoms with Gasteiger partial charge in [0.1, 0.15) is 5.83 Å². The van der Waals surface area contributed by atoms with Crippen molar-refractivity contribution in [2.45, 2.75) is 38.1 Å². The highest BCUT2D eigenvalue weighted by atomic mass is 32.1. The van der Waals surface area contributed by atoms with Gasteiger partial charge in [0.2, 0.25) is 5.91 Å². The molecule has 1 amide bonds. The molecular weight excluding hydrogens is 327 g/mol. The van der Waals surface area contributed by atoms with Crippen LogP contribution in [0.25, 0.3) is 0 Å². The lowest BCUT2D eigenvalue weighted by atomic mass is 9.85. The lowest BCUT2D eigenvalue weighted by Gasteiger charge is -2.39. The SMILES string of the molecule is Cc1c(C2C=CC(F)=C(N)C2)csc1[C@]1(C)CC(=O)N(C)C(=N)N1. The van der Waals surface area contributed by atoms with Crippen molar-refractivity contribution in [3.8, 4) is 0 Å². The predicted octanol–water partition coefficient (Wildman–Crippen LogP) is 2.84. The van der Waals surface area contributed by atoms with Crippen LogP contribution in [0.3, 0.4) is 0 Å². The van der Waals surface area contributed by atoms with Gasteiger partial charge in [0, 0.05) is 30.0 Å². The third kappa shape index (κ3) is 2.62. The number of nitrogens with two attached hydrogens (primary N) is 1. The third-order valence-corrected chi connectivity index (χ3v) is 6.17. The van der Waals surface area contributed by atoms with Crippen molar-refractivity contribution in [3.05, 3.63) is 45.1 Å². The van der Waals surface area contributed by atoms with Gasteiger partial charge in [0.05, 0.1) is 12.0 Å². The van der Waals surface area contributed by atoms with Crippen molar-refractivity contribution in [2.75, 3.05) is 7.05 Å². The summed E-state index contributed by atoms with van der Waals surface area (Å²) in [6, 6.07) is 0. The van der Waals surface area contributed by atoms with Crippen LogP contribution in [0.2, 0.25) is 0 Å². The van der Waals surface area contributed by atoms with Crippen molar-refractivity contribution in [2.24, 2.45) is 5.73 Å². The minimum atomic E-state index is -0.599. The molecule has 2 atom stereocenters. The third-order valence-electron chi connectivity index (χ3n) is 4.81. The average Bonchev–Trinajstić information content (AvgIpc) is 2.90. The monoisotopic (exact) mass is 348 g/mol. The molecule has 2 aliphatic rings. The quantitative estimate of drug-likeness (QED) is 0.768. The van der Waals surface area contributed by atoms with E-state index in [0.29, 0.717) is 12.8 Å². The lowest BCUT2D eigenvalue weighted by Crippen LogP contribution is -2.58. The van der Waals surface area contributed by atoms with E-state index in [2.05, 4.69) is 10.7 Å². The highest BCUT2D eigenvalue weighted by molar-refractivity contribution is 7.10. The van der Waals surface area contributed by atoms with Crippen LogP contribution >= 0.6 is 11.3 Å². The first-order chi connectivity index (χ1) is 11.2. The summed E-state index contributed by atoms with van der Waals surface area (Å²) in [7, 11) is 1.60. The van der Waals surface area contributed by atoms with Crippen molar-refractivity contribution in [3.63, 3.8) is 0 Å². The molecule has 1 aliphatic heterocycles. The van der Waals surface area contributed by atoms with Crippen LogP contribution in [-0.2, 0) is 10.3 Å². The molecule has 0 aromatic carbocycles. The zero-order valence-corrected chi connectivity index (χ0v) is 14.8. The topological polar surface area (TPSA) is 82.2 Å². The molecule has 0 spiro atoms. The highest BCUT2D eigenvalue weighted by Crippen LogP contribution is 2.41. The summed E-state index contributed by atoms with van der Waals surface area (Å²) in [6.07, 6.45) is 4.02. The van der Waals surface area contributed by atoms with Gasteiger partial charge in [0.25, 0.3) is 0 Å². The Labute approximate surface area is 144 Å². The van der Waals surface area contributed by atoms with Crippen molar-refractivity contribution in [1.82, 2.24) is 10.2 Å². The molecule has 1 fully saturated rings. The number of thiophene rings is 1. The van der Waals surface area contributed by atoms with Gasteiger partial charge in [-0.1, -0.05) is 6.08 Å². The van der Waals surface area contributed by atoms with E-state index < -0.39 is 5.54 Å². The first-order valence-corrected chi connectivity index (χ1v) is 8.65. The number of nitrogens with zero attached hydrogens (tertiary/aromatic N) is 1. The predicted molar refractivity (Wildman–Crippen MR) is 93.5 cm³/mol. The van der Waals surface area contributed by atoms with Crippen LogP contribution in [0.4, 0.5) is 4.39 Å². The molecule has 4 N–H and O–H groups in total. The Balaban J connectivity index is 1.92. The number of halogens is 1. The molecule has 2 heterocycles. The number of rotatable bonds is 2. The molecule has 24 heavy (non-hydrogen) atoms. The molecule has 7 heteroatoms. The summed E-state index contributed by atoms with van der Waals surface area (Å²) in [6.45, 7) is 3.96. The van der Waals surface area contributed by atoms with Crippen LogP contribution in [-0.4, -0.2) is 23.8 Å². The number of hydrogen-bond acceptors (Lipinski definition) is 4. The van der Waals surface area contributed by atoms with Crippen LogP contribution in [0, 0.1) is 12.3 Å². The summed E-state index contributed by atoms with van der Waals surface area (Å²) in [5.41, 5.74) is 7.60. The minimum Gasteiger partial charge on any atom is -0.400 e. The van der Waals surface area contributed by atoms with E-state index in [1.807, 2.05) is 19.9 Å². The van der Waals surface area contributed by atoms with E-state index >= 15 is 0 Å². The van der Waals surface area contributed by atoms with E-state index in [0.717, 1.165) is 16.0 Å². The summed E-state index contributed by atoms with van der Waals surface area (Å²) in [5, 5.41) is 13.2. The molecule has 0 bridgehead atoms. The zero-order valence-electron chi connectivity index (χ0n) is 13.9. The average molecular weight is 348 g/mol. The second-order valence-electron chi connectivity index (χ2n) is 6.62. The van der Waals surface area contributed by atoms with Crippen LogP contribution in [0.1, 0.15) is 41.7 Å². The van der Waals surface area contributed by atoms with Gasteiger partial charge < -0.3 is 11.1 Å². The second-order valence-corrected chi connectivity index (χ2v) is 7.50. The van der Waals surface area contributed by atoms with Crippen molar-refractivity contribution >= 4 is 23.2 Å². The van der Waals surface area contributed by atoms with Crippen LogP contribution in [0.5, 0.6) is 0 Å². The second kappa shape index (κ2) is 5.73. The molecule has 1 aromatic heterocycles. The number of carbonyl (C=O) groups is 1. The Kier molecular flexibility index (Phi) is 3.99. The van der Waals surface area contributed by atoms with Gasteiger partial charge in [0.15, 0.2) is 5.96 Å². The van der Waals surface area contributed by atoms with E-state index in [1.165, 1.54) is 11.0 Å². The Morgan fingerprint density at radius 1 is 1.54 bits per heavy atom. The maximum atomic E-state index is 13.4. The van der Waals surface area contributed by atoms with Gasteiger partial charge in [-0.25, -0.2) is 4.39 Å². The zero-order chi connectivity index (χ0) is 17.6. The van der Waals surface area contributed by atoms with E-state index in [-0.39, 0.29) is 29.3 Å². The van der Waals surface area contributed by atoms with E-state index in [9.17, 15) is 9.18 Å². The largest absolute Gasteiger partial charge is 0.400 e. The Morgan fingerprint density at radius 3 is 2.88 bits per heavy atom. The van der Waals surface area contributed by atoms with E-state index in [1.54, 1.807) is 18.4 Å². The minimum absolute atomic E-state index is 0.0412. The van der Waals surface area contributed by atoms with E-state index in [4.69, 9.17) is 11.1 Å². The lowest BCUT2D eigenvalue weighted by molar-refractivity contribution is -0.129. The molecule has 1 unspecified atom stereocenters. The van der Waals surface area contributed by atoms with Crippen LogP contribution in [0.15, 0.2) is 29.1 Å². The van der Waals surface area contributed by atoms with Gasteiger partial charge in [-0.05, 0) is 36.4 Å². The molecule has 5 nitrogen and oxygen atoms in total. The number of nitrogens with one attached hydrogen (secondary N) is 2. The number of allylic oxidation sites excluding steroid dienone is 4. The van der Waals surface area contributed by atoms with Crippen molar-refractivity contribution in [1.29, 1.82) is 5.41 Å². The Bertz CT molecular complexity index is 762. The Hall–Kier alpha value is -2.15. The summed E-state index contributed by atoms with van der Waals surface area (Å²) in [5.74, 6) is -0.292. The number of amides is 1. The maximum Gasteiger partial charge on any atom is 0.231 e. The fraction of sp³-hybridized carbons (Fsp3) is 0.412. The summed E-state index contributed by atoms with van der Waals surface area (Å²) < 4.78 is 13.4. The molecular formula is C17H21FN4OS. The van der Waals surface area contributed by atoms with Gasteiger partial charge in [-0.3, -0.25) is 15.1 Å². The molecule has 1 aromatic rings. The van der Waals surface area contributed by atoms with Gasteiger partial charge in [-0.2, -0.15) is 0 Å². The molecule has 0 saturated carbocycles. The van der Waals surface area contributed by atoms with Gasteiger partial charge in [-0.15, -0.1) is 11.3 Å². The molecule has 1 aliphatic carbocycles. The smallest absolute Gasteiger partial charge is 0.231 e. The normalized spacial score (nSPS) is 27.7. The Morgan fingerprint density at radius 2 is 2.25 bits per heavy atom. The number of hydrogen-bond donors (Lipinski definition) is 3. The first-order valence-electron chi connectivity index (χ1n) is 7.77. The molecule has 128 valence electrons. The molecule has 3 rings (SSSR count). The first kappa shape index (κ1) is 16.7.